The van der Waals surface area contributed by atoms with Gasteiger partial charge < -0.3 is 16.4 Å². The molecule has 2 aliphatic rings. The van der Waals surface area contributed by atoms with Gasteiger partial charge in [0.1, 0.15) is 0 Å². The van der Waals surface area contributed by atoms with E-state index in [0.29, 0.717) is 18.9 Å². The second kappa shape index (κ2) is 10.6. The lowest BCUT2D eigenvalue weighted by Gasteiger charge is -2.29. The summed E-state index contributed by atoms with van der Waals surface area (Å²) in [5.41, 5.74) is 7.20. The van der Waals surface area contributed by atoms with Crippen LogP contribution in [0.4, 0.5) is 0 Å². The smallest absolute Gasteiger partial charge is 0.223 e. The minimum absolute atomic E-state index is 0.0365. The van der Waals surface area contributed by atoms with Crippen LogP contribution in [0.1, 0.15) is 75.8 Å². The third kappa shape index (κ3) is 6.33. The van der Waals surface area contributed by atoms with E-state index in [-0.39, 0.29) is 29.8 Å². The topological polar surface area (TPSA) is 84.2 Å². The number of carbonyl (C=O) groups excluding carboxylic acids is 2. The predicted octanol–water partition coefficient (Wildman–Crippen LogP) is 3.45. The van der Waals surface area contributed by atoms with Crippen LogP contribution in [-0.4, -0.2) is 24.4 Å². The fourth-order valence-corrected chi connectivity index (χ4v) is 4.61. The first kappa shape index (κ1) is 20.8. The van der Waals surface area contributed by atoms with E-state index in [4.69, 9.17) is 5.73 Å². The number of amides is 2. The highest BCUT2D eigenvalue weighted by Crippen LogP contribution is 2.27. The molecule has 28 heavy (non-hydrogen) atoms. The Morgan fingerprint density at radius 3 is 2.32 bits per heavy atom. The molecule has 5 nitrogen and oxygen atoms in total. The van der Waals surface area contributed by atoms with Gasteiger partial charge in [-0.05, 0) is 50.0 Å². The molecular weight excluding hydrogens is 350 g/mol. The zero-order valence-electron chi connectivity index (χ0n) is 16.9. The lowest BCUT2D eigenvalue weighted by Crippen LogP contribution is -2.42. The van der Waals surface area contributed by atoms with Gasteiger partial charge >= 0.3 is 0 Å². The first-order valence-electron chi connectivity index (χ1n) is 11.0. The minimum atomic E-state index is -0.180. The summed E-state index contributed by atoms with van der Waals surface area (Å²) in [7, 11) is 0. The van der Waals surface area contributed by atoms with Crippen molar-refractivity contribution in [1.29, 1.82) is 0 Å². The van der Waals surface area contributed by atoms with Crippen LogP contribution in [0.25, 0.3) is 0 Å². The van der Waals surface area contributed by atoms with Gasteiger partial charge in [-0.25, -0.2) is 0 Å². The van der Waals surface area contributed by atoms with Crippen molar-refractivity contribution >= 4 is 11.8 Å². The Labute approximate surface area is 168 Å². The summed E-state index contributed by atoms with van der Waals surface area (Å²) in [6.45, 7) is 0.459. The highest BCUT2D eigenvalue weighted by molar-refractivity contribution is 5.79. The Morgan fingerprint density at radius 2 is 1.64 bits per heavy atom. The van der Waals surface area contributed by atoms with E-state index in [1.807, 2.05) is 30.3 Å². The van der Waals surface area contributed by atoms with Crippen molar-refractivity contribution in [3.05, 3.63) is 35.9 Å². The molecule has 154 valence electrons. The van der Waals surface area contributed by atoms with E-state index in [1.165, 1.54) is 32.1 Å². The molecule has 0 aromatic heterocycles. The summed E-state index contributed by atoms with van der Waals surface area (Å²) in [4.78, 5) is 24.8. The monoisotopic (exact) mass is 385 g/mol. The fourth-order valence-electron chi connectivity index (χ4n) is 4.61. The number of nitrogens with two attached hydrogens (primary N) is 1. The SMILES string of the molecule is NC(CNC(=O)C1CCC(NC(=O)CC2CCCCC2)CC1)c1ccccc1. The maximum absolute atomic E-state index is 12.5. The van der Waals surface area contributed by atoms with Gasteiger partial charge in [0, 0.05) is 31.0 Å². The molecule has 0 heterocycles. The molecule has 2 fully saturated rings. The molecule has 1 unspecified atom stereocenters. The Hall–Kier alpha value is -1.88. The predicted molar refractivity (Wildman–Crippen MR) is 111 cm³/mol. The normalized spacial score (nSPS) is 24.3. The van der Waals surface area contributed by atoms with E-state index in [1.54, 1.807) is 0 Å². The van der Waals surface area contributed by atoms with Gasteiger partial charge in [0.15, 0.2) is 0 Å². The average Bonchev–Trinajstić information content (AvgIpc) is 2.73. The molecule has 3 rings (SSSR count). The molecule has 5 heteroatoms. The van der Waals surface area contributed by atoms with E-state index in [0.717, 1.165) is 31.2 Å². The Bertz CT molecular complexity index is 620. The second-order valence-electron chi connectivity index (χ2n) is 8.59. The summed E-state index contributed by atoms with van der Waals surface area (Å²) in [6.07, 6.45) is 10.4. The molecule has 2 aliphatic carbocycles. The quantitative estimate of drug-likeness (QED) is 0.672. The molecule has 1 aromatic carbocycles. The van der Waals surface area contributed by atoms with Gasteiger partial charge in [-0.2, -0.15) is 0 Å². The first-order valence-corrected chi connectivity index (χ1v) is 11.0. The van der Waals surface area contributed by atoms with Gasteiger partial charge in [0.2, 0.25) is 11.8 Å². The van der Waals surface area contributed by atoms with Crippen LogP contribution >= 0.6 is 0 Å². The van der Waals surface area contributed by atoms with Crippen LogP contribution in [-0.2, 0) is 9.59 Å². The number of rotatable bonds is 7. The van der Waals surface area contributed by atoms with E-state index >= 15 is 0 Å². The summed E-state index contributed by atoms with van der Waals surface area (Å²) in [5.74, 6) is 0.908. The Morgan fingerprint density at radius 1 is 0.964 bits per heavy atom. The molecule has 0 radical (unpaired) electrons. The molecule has 1 atom stereocenters. The summed E-state index contributed by atoms with van der Waals surface area (Å²) < 4.78 is 0. The van der Waals surface area contributed by atoms with Gasteiger partial charge in [-0.3, -0.25) is 9.59 Å². The zero-order chi connectivity index (χ0) is 19.8. The highest BCUT2D eigenvalue weighted by Gasteiger charge is 2.28. The molecule has 0 saturated heterocycles. The minimum Gasteiger partial charge on any atom is -0.354 e. The number of hydrogen-bond donors (Lipinski definition) is 3. The molecular formula is C23H35N3O2. The fraction of sp³-hybridized carbons (Fsp3) is 0.652. The van der Waals surface area contributed by atoms with Crippen molar-refractivity contribution in [3.63, 3.8) is 0 Å². The van der Waals surface area contributed by atoms with E-state index in [2.05, 4.69) is 10.6 Å². The van der Waals surface area contributed by atoms with Gasteiger partial charge in [-0.15, -0.1) is 0 Å². The number of benzene rings is 1. The summed E-state index contributed by atoms with van der Waals surface area (Å²) in [6, 6.07) is 9.89. The van der Waals surface area contributed by atoms with Crippen molar-refractivity contribution in [3.8, 4) is 0 Å². The van der Waals surface area contributed by atoms with Gasteiger partial charge in [0.25, 0.3) is 0 Å². The third-order valence-electron chi connectivity index (χ3n) is 6.39. The average molecular weight is 386 g/mol. The number of carbonyl (C=O) groups is 2. The lowest BCUT2D eigenvalue weighted by atomic mass is 9.84. The van der Waals surface area contributed by atoms with Gasteiger partial charge in [-0.1, -0.05) is 49.6 Å². The molecule has 0 aliphatic heterocycles. The second-order valence-corrected chi connectivity index (χ2v) is 8.59. The van der Waals surface area contributed by atoms with Crippen molar-refractivity contribution in [2.45, 2.75) is 76.3 Å². The van der Waals surface area contributed by atoms with E-state index in [9.17, 15) is 9.59 Å². The van der Waals surface area contributed by atoms with Crippen LogP contribution in [0.2, 0.25) is 0 Å². The van der Waals surface area contributed by atoms with Crippen molar-refractivity contribution in [1.82, 2.24) is 10.6 Å². The summed E-state index contributed by atoms with van der Waals surface area (Å²) >= 11 is 0. The van der Waals surface area contributed by atoms with Crippen LogP contribution in [0.5, 0.6) is 0 Å². The Kier molecular flexibility index (Phi) is 7.90. The lowest BCUT2D eigenvalue weighted by molar-refractivity contribution is -0.126. The maximum atomic E-state index is 12.5. The largest absolute Gasteiger partial charge is 0.354 e. The van der Waals surface area contributed by atoms with Crippen molar-refractivity contribution in [2.24, 2.45) is 17.6 Å². The molecule has 4 N–H and O–H groups in total. The molecule has 1 aromatic rings. The number of hydrogen-bond acceptors (Lipinski definition) is 3. The third-order valence-corrected chi connectivity index (χ3v) is 6.39. The molecule has 2 amide bonds. The number of nitrogens with one attached hydrogen (secondary N) is 2. The van der Waals surface area contributed by atoms with Crippen molar-refractivity contribution in [2.75, 3.05) is 6.54 Å². The zero-order valence-corrected chi connectivity index (χ0v) is 16.9. The first-order chi connectivity index (χ1) is 13.6. The van der Waals surface area contributed by atoms with Crippen molar-refractivity contribution < 1.29 is 9.59 Å². The molecule has 2 saturated carbocycles. The highest BCUT2D eigenvalue weighted by atomic mass is 16.2. The van der Waals surface area contributed by atoms with Gasteiger partial charge in [0.05, 0.1) is 0 Å². The molecule has 0 bridgehead atoms. The van der Waals surface area contributed by atoms with Crippen LogP contribution in [0.3, 0.4) is 0 Å². The standard InChI is InChI=1S/C23H35N3O2/c24-21(18-9-5-2-6-10-18)16-25-23(28)19-11-13-20(14-12-19)26-22(27)15-17-7-3-1-4-8-17/h2,5-6,9-10,17,19-21H,1,3-4,7-8,11-16,24H2,(H,25,28)(H,26,27). The summed E-state index contributed by atoms with van der Waals surface area (Å²) in [5, 5.41) is 6.22. The van der Waals surface area contributed by atoms with Crippen LogP contribution in [0, 0.1) is 11.8 Å². The van der Waals surface area contributed by atoms with Crippen LogP contribution < -0.4 is 16.4 Å². The van der Waals surface area contributed by atoms with E-state index < -0.39 is 0 Å². The van der Waals surface area contributed by atoms with Crippen LogP contribution in [0.15, 0.2) is 30.3 Å². The Balaban J connectivity index is 1.34. The maximum Gasteiger partial charge on any atom is 0.223 e. The molecule has 0 spiro atoms.